The Bertz CT molecular complexity index is 341. The highest BCUT2D eigenvalue weighted by Crippen LogP contribution is 2.15. The summed E-state index contributed by atoms with van der Waals surface area (Å²) in [5, 5.41) is 11.7. The number of nitrogens with one attached hydrogen (secondary N) is 1. The lowest BCUT2D eigenvalue weighted by atomic mass is 10.1. The Hall–Kier alpha value is -0.950. The van der Waals surface area contributed by atoms with Crippen LogP contribution in [0, 0.1) is 5.92 Å². The van der Waals surface area contributed by atoms with Crippen LogP contribution in [0.25, 0.3) is 0 Å². The van der Waals surface area contributed by atoms with Crippen molar-refractivity contribution in [2.45, 2.75) is 18.9 Å². The van der Waals surface area contributed by atoms with E-state index in [1.165, 1.54) is 0 Å². The molecule has 0 spiro atoms. The van der Waals surface area contributed by atoms with Gasteiger partial charge in [0.05, 0.1) is 0 Å². The Labute approximate surface area is 124 Å². The molecule has 6 nitrogen and oxygen atoms in total. The standard InChI is InChI=1S/C13H25N3O3S/c1-15-6-4-10(8-15)9-16(2)13(19)14-11(12(17)18)5-7-20-3/h10-11H,4-9H2,1-3H3,(H,14,19)(H,17,18)/t10?,11-/m0/s1. The predicted octanol–water partition coefficient (Wildman–Crippen LogP) is 0.786. The SMILES string of the molecule is CSCC[C@H](NC(=O)N(C)CC1CCN(C)C1)C(=O)O. The molecule has 0 aliphatic carbocycles. The quantitative estimate of drug-likeness (QED) is 0.727. The molecule has 0 bridgehead atoms. The number of likely N-dealkylation sites (tertiary alicyclic amines) is 1. The smallest absolute Gasteiger partial charge is 0.326 e. The summed E-state index contributed by atoms with van der Waals surface area (Å²) >= 11 is 1.58. The number of urea groups is 1. The summed E-state index contributed by atoms with van der Waals surface area (Å²) in [6.45, 7) is 2.73. The van der Waals surface area contributed by atoms with Crippen LogP contribution in [0.5, 0.6) is 0 Å². The molecule has 1 saturated heterocycles. The van der Waals surface area contributed by atoms with Crippen molar-refractivity contribution in [1.82, 2.24) is 15.1 Å². The first-order valence-corrected chi connectivity index (χ1v) is 8.25. The summed E-state index contributed by atoms with van der Waals surface area (Å²) in [6.07, 6.45) is 3.45. The van der Waals surface area contributed by atoms with Crippen molar-refractivity contribution in [3.05, 3.63) is 0 Å². The number of nitrogens with zero attached hydrogens (tertiary/aromatic N) is 2. The fraction of sp³-hybridized carbons (Fsp3) is 0.846. The summed E-state index contributed by atoms with van der Waals surface area (Å²) in [5.41, 5.74) is 0. The van der Waals surface area contributed by atoms with E-state index in [1.54, 1.807) is 23.7 Å². The number of thioether (sulfide) groups is 1. The number of hydrogen-bond acceptors (Lipinski definition) is 4. The summed E-state index contributed by atoms with van der Waals surface area (Å²) in [4.78, 5) is 27.0. The van der Waals surface area contributed by atoms with Gasteiger partial charge in [-0.15, -0.1) is 0 Å². The Morgan fingerprint density at radius 3 is 2.75 bits per heavy atom. The van der Waals surface area contributed by atoms with Crippen molar-refractivity contribution in [2.75, 3.05) is 45.7 Å². The molecule has 0 saturated carbocycles. The first-order chi connectivity index (χ1) is 9.43. The second-order valence-corrected chi connectivity index (χ2v) is 6.40. The lowest BCUT2D eigenvalue weighted by Gasteiger charge is -2.24. The van der Waals surface area contributed by atoms with Crippen molar-refractivity contribution in [2.24, 2.45) is 5.92 Å². The summed E-state index contributed by atoms with van der Waals surface area (Å²) in [7, 11) is 3.80. The zero-order chi connectivity index (χ0) is 15.1. The molecule has 0 aromatic carbocycles. The third-order valence-electron chi connectivity index (χ3n) is 3.57. The van der Waals surface area contributed by atoms with E-state index in [2.05, 4.69) is 17.3 Å². The zero-order valence-electron chi connectivity index (χ0n) is 12.5. The molecule has 1 aliphatic heterocycles. The third-order valence-corrected chi connectivity index (χ3v) is 4.22. The number of carboxylic acids is 1. The van der Waals surface area contributed by atoms with Crippen LogP contribution < -0.4 is 5.32 Å². The van der Waals surface area contributed by atoms with Crippen LogP contribution in [0.3, 0.4) is 0 Å². The van der Waals surface area contributed by atoms with Crippen LogP contribution in [0.2, 0.25) is 0 Å². The molecule has 0 radical (unpaired) electrons. The summed E-state index contributed by atoms with van der Waals surface area (Å²) < 4.78 is 0. The van der Waals surface area contributed by atoms with Gasteiger partial charge in [0.15, 0.2) is 0 Å². The maximum Gasteiger partial charge on any atom is 0.326 e. The van der Waals surface area contributed by atoms with Gasteiger partial charge >= 0.3 is 12.0 Å². The third kappa shape index (κ3) is 5.58. The van der Waals surface area contributed by atoms with Gasteiger partial charge in [-0.1, -0.05) is 0 Å². The molecule has 1 aliphatic rings. The van der Waals surface area contributed by atoms with Crippen molar-refractivity contribution in [3.63, 3.8) is 0 Å². The number of aliphatic carboxylic acids is 1. The van der Waals surface area contributed by atoms with Gasteiger partial charge in [0.2, 0.25) is 0 Å². The Kier molecular flexibility index (Phi) is 7.15. The van der Waals surface area contributed by atoms with Crippen molar-refractivity contribution in [1.29, 1.82) is 0 Å². The van der Waals surface area contributed by atoms with Gasteiger partial charge in [-0.05, 0) is 44.4 Å². The van der Waals surface area contributed by atoms with E-state index in [9.17, 15) is 9.59 Å². The van der Waals surface area contributed by atoms with E-state index in [0.717, 1.165) is 19.5 Å². The fourth-order valence-corrected chi connectivity index (χ4v) is 2.87. The number of carbonyl (C=O) groups is 2. The molecule has 2 amide bonds. The first-order valence-electron chi connectivity index (χ1n) is 6.86. The van der Waals surface area contributed by atoms with E-state index in [4.69, 9.17) is 5.11 Å². The number of hydrogen-bond donors (Lipinski definition) is 2. The van der Waals surface area contributed by atoms with Gasteiger partial charge < -0.3 is 20.2 Å². The maximum absolute atomic E-state index is 12.0. The molecule has 20 heavy (non-hydrogen) atoms. The Morgan fingerprint density at radius 2 is 2.25 bits per heavy atom. The number of amides is 2. The highest BCUT2D eigenvalue weighted by molar-refractivity contribution is 7.98. The molecule has 7 heteroatoms. The molecule has 2 atom stereocenters. The Balaban J connectivity index is 2.40. The van der Waals surface area contributed by atoms with E-state index in [0.29, 0.717) is 24.6 Å². The molecular formula is C13H25N3O3S. The Morgan fingerprint density at radius 1 is 1.55 bits per heavy atom. The normalized spacial score (nSPS) is 20.6. The average Bonchev–Trinajstić information content (AvgIpc) is 2.79. The van der Waals surface area contributed by atoms with E-state index in [1.807, 2.05) is 6.26 Å². The molecule has 1 unspecified atom stereocenters. The highest BCUT2D eigenvalue weighted by atomic mass is 32.2. The van der Waals surface area contributed by atoms with Gasteiger partial charge in [-0.2, -0.15) is 11.8 Å². The summed E-state index contributed by atoms with van der Waals surface area (Å²) in [6, 6.07) is -1.10. The molecule has 2 N–H and O–H groups in total. The highest BCUT2D eigenvalue weighted by Gasteiger charge is 2.25. The first kappa shape index (κ1) is 17.1. The van der Waals surface area contributed by atoms with Crippen molar-refractivity contribution < 1.29 is 14.7 Å². The number of rotatable bonds is 7. The van der Waals surface area contributed by atoms with Crippen LogP contribution in [-0.2, 0) is 4.79 Å². The van der Waals surface area contributed by atoms with Crippen molar-refractivity contribution >= 4 is 23.8 Å². The van der Waals surface area contributed by atoms with Gasteiger partial charge in [-0.25, -0.2) is 9.59 Å². The van der Waals surface area contributed by atoms with E-state index in [-0.39, 0.29) is 6.03 Å². The van der Waals surface area contributed by atoms with Crippen LogP contribution in [0.15, 0.2) is 0 Å². The lowest BCUT2D eigenvalue weighted by Crippen LogP contribution is -2.48. The van der Waals surface area contributed by atoms with Gasteiger partial charge in [-0.3, -0.25) is 0 Å². The van der Waals surface area contributed by atoms with Gasteiger partial charge in [0.25, 0.3) is 0 Å². The van der Waals surface area contributed by atoms with Crippen LogP contribution >= 0.6 is 11.8 Å². The molecule has 116 valence electrons. The van der Waals surface area contributed by atoms with E-state index >= 15 is 0 Å². The number of carboxylic acid groups (broad SMARTS) is 1. The topological polar surface area (TPSA) is 72.9 Å². The predicted molar refractivity (Wildman–Crippen MR) is 81.2 cm³/mol. The van der Waals surface area contributed by atoms with E-state index < -0.39 is 12.0 Å². The maximum atomic E-state index is 12.0. The monoisotopic (exact) mass is 303 g/mol. The van der Waals surface area contributed by atoms with Crippen LogP contribution in [0.4, 0.5) is 4.79 Å². The zero-order valence-corrected chi connectivity index (χ0v) is 13.3. The largest absolute Gasteiger partial charge is 0.480 e. The van der Waals surface area contributed by atoms with Crippen molar-refractivity contribution in [3.8, 4) is 0 Å². The minimum Gasteiger partial charge on any atom is -0.480 e. The van der Waals surface area contributed by atoms with Crippen LogP contribution in [-0.4, -0.2) is 78.7 Å². The number of carbonyl (C=O) groups excluding carboxylic acids is 1. The lowest BCUT2D eigenvalue weighted by molar-refractivity contribution is -0.139. The fourth-order valence-electron chi connectivity index (χ4n) is 2.40. The van der Waals surface area contributed by atoms with Crippen LogP contribution in [0.1, 0.15) is 12.8 Å². The molecule has 1 heterocycles. The molecular weight excluding hydrogens is 278 g/mol. The average molecular weight is 303 g/mol. The molecule has 0 aromatic heterocycles. The summed E-state index contributed by atoms with van der Waals surface area (Å²) in [5.74, 6) is 0.223. The minimum absolute atomic E-state index is 0.298. The molecule has 0 aromatic rings. The second kappa shape index (κ2) is 8.36. The molecule has 1 rings (SSSR count). The second-order valence-electron chi connectivity index (χ2n) is 5.42. The molecule has 1 fully saturated rings. The van der Waals surface area contributed by atoms with Gasteiger partial charge in [0.1, 0.15) is 6.04 Å². The van der Waals surface area contributed by atoms with Gasteiger partial charge in [0, 0.05) is 20.1 Å². The minimum atomic E-state index is -0.971.